The molecule has 1 aromatic rings. The van der Waals surface area contributed by atoms with Gasteiger partial charge in [-0.05, 0) is 11.5 Å². The second-order valence-electron chi connectivity index (χ2n) is 3.70. The van der Waals surface area contributed by atoms with E-state index in [1.54, 1.807) is 18.4 Å². The zero-order valence-corrected chi connectivity index (χ0v) is 9.34. The van der Waals surface area contributed by atoms with E-state index in [9.17, 15) is 0 Å². The second kappa shape index (κ2) is 3.27. The first-order chi connectivity index (χ1) is 5.45. The van der Waals surface area contributed by atoms with Crippen molar-refractivity contribution in [3.63, 3.8) is 0 Å². The van der Waals surface area contributed by atoms with Gasteiger partial charge in [-0.25, -0.2) is 0 Å². The van der Waals surface area contributed by atoms with Crippen LogP contribution in [0.3, 0.4) is 0 Å². The minimum Gasteiger partial charge on any atom is -0.486 e. The minimum absolute atomic E-state index is 0.158. The largest absolute Gasteiger partial charge is 0.486 e. The summed E-state index contributed by atoms with van der Waals surface area (Å²) >= 11 is 7.55. The molecule has 1 rings (SSSR count). The Morgan fingerprint density at radius 3 is 2.25 bits per heavy atom. The molecule has 12 heavy (non-hydrogen) atoms. The maximum Gasteiger partial charge on any atom is 0.192 e. The summed E-state index contributed by atoms with van der Waals surface area (Å²) in [6.45, 7) is 6.48. The van der Waals surface area contributed by atoms with Crippen molar-refractivity contribution in [2.24, 2.45) is 0 Å². The Balaban J connectivity index is 3.05. The van der Waals surface area contributed by atoms with E-state index in [0.29, 0.717) is 5.02 Å². The molecule has 0 saturated heterocycles. The molecule has 0 aliphatic heterocycles. The van der Waals surface area contributed by atoms with E-state index >= 15 is 0 Å². The van der Waals surface area contributed by atoms with E-state index < -0.39 is 0 Å². The summed E-state index contributed by atoms with van der Waals surface area (Å²) in [4.78, 5) is 1.25. The van der Waals surface area contributed by atoms with Gasteiger partial charge in [0.2, 0.25) is 0 Å². The SMILES string of the molecule is COc1sc(C(C)(C)C)cc1Cl. The summed E-state index contributed by atoms with van der Waals surface area (Å²) < 4.78 is 5.11. The van der Waals surface area contributed by atoms with Crippen molar-refractivity contribution in [3.8, 4) is 5.06 Å². The zero-order chi connectivity index (χ0) is 9.35. The van der Waals surface area contributed by atoms with Crippen LogP contribution in [0.2, 0.25) is 5.02 Å². The fraction of sp³-hybridized carbons (Fsp3) is 0.556. The summed E-state index contributed by atoms with van der Waals surface area (Å²) in [6.07, 6.45) is 0. The number of ether oxygens (including phenoxy) is 1. The molecule has 0 radical (unpaired) electrons. The first-order valence-corrected chi connectivity index (χ1v) is 4.98. The molecule has 1 aromatic heterocycles. The molecule has 0 unspecified atom stereocenters. The highest BCUT2D eigenvalue weighted by Gasteiger charge is 2.18. The van der Waals surface area contributed by atoms with E-state index in [1.165, 1.54) is 4.88 Å². The average molecular weight is 205 g/mol. The van der Waals surface area contributed by atoms with Gasteiger partial charge in [0.05, 0.1) is 12.1 Å². The van der Waals surface area contributed by atoms with Crippen molar-refractivity contribution in [2.45, 2.75) is 26.2 Å². The summed E-state index contributed by atoms with van der Waals surface area (Å²) in [5, 5.41) is 1.52. The monoisotopic (exact) mass is 204 g/mol. The number of rotatable bonds is 1. The van der Waals surface area contributed by atoms with Gasteiger partial charge in [0.25, 0.3) is 0 Å². The van der Waals surface area contributed by atoms with Crippen molar-refractivity contribution in [3.05, 3.63) is 16.0 Å². The van der Waals surface area contributed by atoms with Crippen LogP contribution in [0.15, 0.2) is 6.07 Å². The van der Waals surface area contributed by atoms with Gasteiger partial charge >= 0.3 is 0 Å². The third-order valence-corrected chi connectivity index (χ3v) is 3.49. The molecular formula is C9H13ClOS. The molecule has 0 aliphatic carbocycles. The maximum absolute atomic E-state index is 5.94. The standard InChI is InChI=1S/C9H13ClOS/c1-9(2,3)7-5-6(10)8(11-4)12-7/h5H,1-4H3. The highest BCUT2D eigenvalue weighted by Crippen LogP contribution is 2.39. The quantitative estimate of drug-likeness (QED) is 0.678. The Bertz CT molecular complexity index is 273. The van der Waals surface area contributed by atoms with E-state index in [4.69, 9.17) is 16.3 Å². The van der Waals surface area contributed by atoms with Gasteiger partial charge in [-0.1, -0.05) is 32.4 Å². The molecule has 0 aliphatic rings. The van der Waals surface area contributed by atoms with Crippen LogP contribution in [0.4, 0.5) is 0 Å². The molecular weight excluding hydrogens is 192 g/mol. The van der Waals surface area contributed by atoms with Gasteiger partial charge in [0, 0.05) is 4.88 Å². The van der Waals surface area contributed by atoms with Crippen LogP contribution < -0.4 is 4.74 Å². The Morgan fingerprint density at radius 1 is 1.42 bits per heavy atom. The summed E-state index contributed by atoms with van der Waals surface area (Å²) in [6, 6.07) is 1.98. The van der Waals surface area contributed by atoms with Crippen molar-refractivity contribution in [1.29, 1.82) is 0 Å². The second-order valence-corrected chi connectivity index (χ2v) is 5.12. The predicted octanol–water partition coefficient (Wildman–Crippen LogP) is 3.71. The Morgan fingerprint density at radius 2 is 2.00 bits per heavy atom. The molecule has 0 atom stereocenters. The molecule has 1 nitrogen and oxygen atoms in total. The smallest absolute Gasteiger partial charge is 0.192 e. The molecule has 0 bridgehead atoms. The highest BCUT2D eigenvalue weighted by molar-refractivity contribution is 7.14. The third kappa shape index (κ3) is 1.93. The number of methoxy groups -OCH3 is 1. The molecule has 3 heteroatoms. The first-order valence-electron chi connectivity index (χ1n) is 3.79. The van der Waals surface area contributed by atoms with Gasteiger partial charge < -0.3 is 4.74 Å². The summed E-state index contributed by atoms with van der Waals surface area (Å²) in [7, 11) is 1.64. The molecule has 0 N–H and O–H groups in total. The van der Waals surface area contributed by atoms with Crippen LogP contribution >= 0.6 is 22.9 Å². The predicted molar refractivity (Wildman–Crippen MR) is 54.6 cm³/mol. The van der Waals surface area contributed by atoms with Crippen LogP contribution in [0.5, 0.6) is 5.06 Å². The van der Waals surface area contributed by atoms with Gasteiger partial charge in [0.15, 0.2) is 5.06 Å². The summed E-state index contributed by atoms with van der Waals surface area (Å²) in [5.74, 6) is 0. The molecule has 0 spiro atoms. The molecule has 68 valence electrons. The molecule has 0 fully saturated rings. The van der Waals surface area contributed by atoms with E-state index in [0.717, 1.165) is 5.06 Å². The number of halogens is 1. The number of hydrogen-bond acceptors (Lipinski definition) is 2. The molecule has 1 heterocycles. The van der Waals surface area contributed by atoms with E-state index in [1.807, 2.05) is 6.07 Å². The fourth-order valence-electron chi connectivity index (χ4n) is 0.861. The fourth-order valence-corrected chi connectivity index (χ4v) is 2.15. The van der Waals surface area contributed by atoms with Crippen LogP contribution in [0.1, 0.15) is 25.6 Å². The van der Waals surface area contributed by atoms with Gasteiger partial charge in [-0.3, -0.25) is 0 Å². The minimum atomic E-state index is 0.158. The van der Waals surface area contributed by atoms with Crippen LogP contribution in [-0.2, 0) is 5.41 Å². The average Bonchev–Trinajstić information content (AvgIpc) is 2.29. The van der Waals surface area contributed by atoms with Crippen molar-refractivity contribution >= 4 is 22.9 Å². The van der Waals surface area contributed by atoms with Gasteiger partial charge in [-0.15, -0.1) is 11.3 Å². The molecule has 0 saturated carbocycles. The van der Waals surface area contributed by atoms with Gasteiger partial charge in [0.1, 0.15) is 0 Å². The van der Waals surface area contributed by atoms with Crippen LogP contribution in [-0.4, -0.2) is 7.11 Å². The normalized spacial score (nSPS) is 11.8. The lowest BCUT2D eigenvalue weighted by molar-refractivity contribution is 0.427. The first kappa shape index (κ1) is 9.87. The lowest BCUT2D eigenvalue weighted by Crippen LogP contribution is -2.07. The number of thiophene rings is 1. The summed E-state index contributed by atoms with van der Waals surface area (Å²) in [5.41, 5.74) is 0.158. The van der Waals surface area contributed by atoms with Crippen molar-refractivity contribution in [1.82, 2.24) is 0 Å². The van der Waals surface area contributed by atoms with E-state index in [2.05, 4.69) is 20.8 Å². The van der Waals surface area contributed by atoms with Crippen molar-refractivity contribution in [2.75, 3.05) is 7.11 Å². The molecule has 0 amide bonds. The third-order valence-electron chi connectivity index (χ3n) is 1.58. The Hall–Kier alpha value is -0.210. The van der Waals surface area contributed by atoms with Crippen molar-refractivity contribution < 1.29 is 4.74 Å². The maximum atomic E-state index is 5.94. The highest BCUT2D eigenvalue weighted by atomic mass is 35.5. The Labute approximate surface area is 82.3 Å². The van der Waals surface area contributed by atoms with Gasteiger partial charge in [-0.2, -0.15) is 0 Å². The number of hydrogen-bond donors (Lipinski definition) is 0. The lowest BCUT2D eigenvalue weighted by Gasteiger charge is -2.14. The molecule has 0 aromatic carbocycles. The topological polar surface area (TPSA) is 9.23 Å². The Kier molecular flexibility index (Phi) is 2.69. The van der Waals surface area contributed by atoms with Crippen LogP contribution in [0, 0.1) is 0 Å². The zero-order valence-electron chi connectivity index (χ0n) is 7.77. The van der Waals surface area contributed by atoms with E-state index in [-0.39, 0.29) is 5.41 Å². The lowest BCUT2D eigenvalue weighted by atomic mass is 9.95. The van der Waals surface area contributed by atoms with Crippen LogP contribution in [0.25, 0.3) is 0 Å².